The van der Waals surface area contributed by atoms with Crippen LogP contribution in [0.2, 0.25) is 0 Å². The highest BCUT2D eigenvalue weighted by Gasteiger charge is 2.18. The number of aromatic nitrogens is 1. The first-order valence-electron chi connectivity index (χ1n) is 7.79. The van der Waals surface area contributed by atoms with Gasteiger partial charge in [-0.05, 0) is 20.9 Å². The van der Waals surface area contributed by atoms with Gasteiger partial charge in [0, 0.05) is 32.1 Å². The molecule has 1 atom stereocenters. The Kier molecular flexibility index (Phi) is 9.33. The maximum Gasteiger partial charge on any atom is 0.194 e. The minimum atomic E-state index is 0. The van der Waals surface area contributed by atoms with E-state index in [0.29, 0.717) is 6.54 Å². The molecule has 0 aromatic carbocycles. The topological polar surface area (TPSA) is 53.0 Å². The molecule has 0 bridgehead atoms. The number of halogens is 1. The number of aliphatic imine (C=N–C) groups is 1. The van der Waals surface area contributed by atoms with Crippen LogP contribution in [0.25, 0.3) is 0 Å². The molecule has 0 radical (unpaired) electrons. The molecule has 8 heteroatoms. The van der Waals surface area contributed by atoms with Crippen molar-refractivity contribution in [2.45, 2.75) is 26.5 Å². The van der Waals surface area contributed by atoms with Crippen LogP contribution < -0.4 is 5.32 Å². The average Bonchev–Trinajstić information content (AvgIpc) is 2.88. The Hall–Kier alpha value is -0.450. The quantitative estimate of drug-likeness (QED) is 0.419. The second-order valence-electron chi connectivity index (χ2n) is 5.66. The molecule has 6 nitrogen and oxygen atoms in total. The van der Waals surface area contributed by atoms with Gasteiger partial charge >= 0.3 is 0 Å². The van der Waals surface area contributed by atoms with Crippen LogP contribution in [0.3, 0.4) is 0 Å². The summed E-state index contributed by atoms with van der Waals surface area (Å²) < 4.78 is 5.77. The van der Waals surface area contributed by atoms with E-state index in [1.165, 1.54) is 0 Å². The second kappa shape index (κ2) is 10.4. The minimum absolute atomic E-state index is 0. The van der Waals surface area contributed by atoms with Crippen molar-refractivity contribution in [1.29, 1.82) is 0 Å². The number of hydrogen-bond donors (Lipinski definition) is 1. The molecule has 1 unspecified atom stereocenters. The number of guanidine groups is 1. The first kappa shape index (κ1) is 20.6. The number of hydrogen-bond acceptors (Lipinski definition) is 5. The fourth-order valence-corrected chi connectivity index (χ4v) is 3.04. The van der Waals surface area contributed by atoms with Crippen LogP contribution in [0.5, 0.6) is 0 Å². The molecule has 132 valence electrons. The molecule has 2 rings (SSSR count). The maximum atomic E-state index is 5.77. The number of rotatable bonds is 5. The molecule has 1 saturated heterocycles. The lowest BCUT2D eigenvalue weighted by Crippen LogP contribution is -2.43. The van der Waals surface area contributed by atoms with Crippen LogP contribution in [-0.2, 0) is 11.3 Å². The van der Waals surface area contributed by atoms with Crippen molar-refractivity contribution in [3.8, 4) is 0 Å². The molecule has 1 aliphatic heterocycles. The smallest absolute Gasteiger partial charge is 0.194 e. The summed E-state index contributed by atoms with van der Waals surface area (Å²) in [6, 6.07) is 0. The second-order valence-corrected chi connectivity index (χ2v) is 6.73. The number of ether oxygens (including phenoxy) is 1. The lowest BCUT2D eigenvalue weighted by atomic mass is 10.3. The summed E-state index contributed by atoms with van der Waals surface area (Å²) in [4.78, 5) is 13.7. The van der Waals surface area contributed by atoms with Crippen LogP contribution in [0.15, 0.2) is 10.4 Å². The SMILES string of the molecule is CCNC(=NCC1CN(C)CCO1)N(C)Cc1csc(C)n1.I. The number of likely N-dealkylation sites (N-methyl/N-ethyl adjacent to an activating group) is 1. The van der Waals surface area contributed by atoms with E-state index in [9.17, 15) is 0 Å². The van der Waals surface area contributed by atoms with E-state index in [0.717, 1.165) is 49.4 Å². The summed E-state index contributed by atoms with van der Waals surface area (Å²) in [7, 11) is 4.17. The zero-order valence-corrected chi connectivity index (χ0v) is 17.6. The van der Waals surface area contributed by atoms with Gasteiger partial charge in [-0.25, -0.2) is 4.98 Å². The van der Waals surface area contributed by atoms with Crippen molar-refractivity contribution >= 4 is 41.3 Å². The molecule has 1 fully saturated rings. The van der Waals surface area contributed by atoms with E-state index in [-0.39, 0.29) is 30.1 Å². The summed E-state index contributed by atoms with van der Waals surface area (Å²) in [5.74, 6) is 0.907. The molecule has 23 heavy (non-hydrogen) atoms. The third-order valence-electron chi connectivity index (χ3n) is 3.55. The molecular formula is C15H28IN5OS. The number of morpholine rings is 1. The van der Waals surface area contributed by atoms with E-state index >= 15 is 0 Å². The van der Waals surface area contributed by atoms with Crippen molar-refractivity contribution in [3.05, 3.63) is 16.1 Å². The van der Waals surface area contributed by atoms with Gasteiger partial charge in [0.2, 0.25) is 0 Å². The van der Waals surface area contributed by atoms with E-state index in [1.807, 2.05) is 14.0 Å². The van der Waals surface area contributed by atoms with E-state index in [4.69, 9.17) is 9.73 Å². The van der Waals surface area contributed by atoms with Gasteiger partial charge in [0.25, 0.3) is 0 Å². The van der Waals surface area contributed by atoms with Gasteiger partial charge in [-0.2, -0.15) is 0 Å². The van der Waals surface area contributed by atoms with Crippen molar-refractivity contribution in [1.82, 2.24) is 20.1 Å². The predicted molar refractivity (Wildman–Crippen MR) is 107 cm³/mol. The van der Waals surface area contributed by atoms with Crippen LogP contribution >= 0.6 is 35.3 Å². The van der Waals surface area contributed by atoms with E-state index in [2.05, 4.69) is 39.5 Å². The van der Waals surface area contributed by atoms with Gasteiger partial charge in [-0.3, -0.25) is 4.99 Å². The highest BCUT2D eigenvalue weighted by atomic mass is 127. The van der Waals surface area contributed by atoms with Crippen LogP contribution in [0.4, 0.5) is 0 Å². The molecular weight excluding hydrogens is 425 g/mol. The Morgan fingerprint density at radius 1 is 1.61 bits per heavy atom. The molecule has 0 aliphatic carbocycles. The summed E-state index contributed by atoms with van der Waals surface area (Å²) >= 11 is 1.68. The Balaban J connectivity index is 0.00000264. The van der Waals surface area contributed by atoms with Crippen molar-refractivity contribution in [2.75, 3.05) is 46.9 Å². The van der Waals surface area contributed by atoms with Gasteiger partial charge in [0.1, 0.15) is 0 Å². The molecule has 0 saturated carbocycles. The lowest BCUT2D eigenvalue weighted by Gasteiger charge is -2.29. The minimum Gasteiger partial charge on any atom is -0.374 e. The molecule has 0 amide bonds. The van der Waals surface area contributed by atoms with Crippen molar-refractivity contribution in [3.63, 3.8) is 0 Å². The summed E-state index contributed by atoms with van der Waals surface area (Å²) in [6.07, 6.45) is 0.183. The maximum absolute atomic E-state index is 5.77. The van der Waals surface area contributed by atoms with E-state index < -0.39 is 0 Å². The highest BCUT2D eigenvalue weighted by molar-refractivity contribution is 14.0. The molecule has 0 spiro atoms. The molecule has 1 aromatic heterocycles. The zero-order chi connectivity index (χ0) is 15.9. The van der Waals surface area contributed by atoms with Gasteiger partial charge < -0.3 is 19.9 Å². The first-order chi connectivity index (χ1) is 10.6. The highest BCUT2D eigenvalue weighted by Crippen LogP contribution is 2.10. The van der Waals surface area contributed by atoms with Crippen molar-refractivity contribution in [2.24, 2.45) is 4.99 Å². The Labute approximate surface area is 160 Å². The zero-order valence-electron chi connectivity index (χ0n) is 14.4. The van der Waals surface area contributed by atoms with Crippen molar-refractivity contribution < 1.29 is 4.74 Å². The Morgan fingerprint density at radius 3 is 3.00 bits per heavy atom. The van der Waals surface area contributed by atoms with E-state index in [1.54, 1.807) is 11.3 Å². The normalized spacial score (nSPS) is 19.3. The van der Waals surface area contributed by atoms with Gasteiger partial charge in [-0.15, -0.1) is 35.3 Å². The number of aryl methyl sites for hydroxylation is 1. The molecule has 1 N–H and O–H groups in total. The Bertz CT molecular complexity index is 496. The average molecular weight is 453 g/mol. The monoisotopic (exact) mass is 453 g/mol. The number of thiazole rings is 1. The molecule has 1 aromatic rings. The number of nitrogens with one attached hydrogen (secondary N) is 1. The van der Waals surface area contributed by atoms with Crippen LogP contribution in [0, 0.1) is 6.92 Å². The van der Waals surface area contributed by atoms with Gasteiger partial charge in [0.15, 0.2) is 5.96 Å². The summed E-state index contributed by atoms with van der Waals surface area (Å²) in [5, 5.41) is 6.55. The predicted octanol–water partition coefficient (Wildman–Crippen LogP) is 1.80. The number of nitrogens with zero attached hydrogens (tertiary/aromatic N) is 4. The standard InChI is InChI=1S/C15H27N5OS.HI/c1-5-16-15(17-8-14-10-19(3)6-7-21-14)20(4)9-13-11-22-12(2)18-13;/h11,14H,5-10H2,1-4H3,(H,16,17);1H. The van der Waals surface area contributed by atoms with Gasteiger partial charge in [-0.1, -0.05) is 0 Å². The summed E-state index contributed by atoms with van der Waals surface area (Å²) in [5.41, 5.74) is 1.09. The fourth-order valence-electron chi connectivity index (χ4n) is 2.43. The summed E-state index contributed by atoms with van der Waals surface area (Å²) in [6.45, 7) is 9.16. The third-order valence-corrected chi connectivity index (χ3v) is 4.37. The molecule has 2 heterocycles. The van der Waals surface area contributed by atoms with Crippen LogP contribution in [-0.4, -0.2) is 73.7 Å². The largest absolute Gasteiger partial charge is 0.374 e. The fraction of sp³-hybridized carbons (Fsp3) is 0.733. The third kappa shape index (κ3) is 6.90. The van der Waals surface area contributed by atoms with Crippen LogP contribution in [0.1, 0.15) is 17.6 Å². The molecule has 1 aliphatic rings. The first-order valence-corrected chi connectivity index (χ1v) is 8.67. The van der Waals surface area contributed by atoms with Gasteiger partial charge in [0.05, 0.1) is 36.5 Å². The lowest BCUT2D eigenvalue weighted by molar-refractivity contribution is -0.0137. The Morgan fingerprint density at radius 2 is 2.39 bits per heavy atom.